The molecular weight excluding hydrogens is 352 g/mol. The maximum absolute atomic E-state index is 12.3. The molecule has 0 amide bonds. The van der Waals surface area contributed by atoms with Crippen molar-refractivity contribution in [2.45, 2.75) is 39.5 Å². The summed E-state index contributed by atoms with van der Waals surface area (Å²) in [6, 6.07) is 6.12. The summed E-state index contributed by atoms with van der Waals surface area (Å²) in [6.45, 7) is 4.15. The molecule has 1 aliphatic carbocycles. The Morgan fingerprint density at radius 2 is 1.92 bits per heavy atom. The van der Waals surface area contributed by atoms with Gasteiger partial charge in [-0.25, -0.2) is 4.79 Å². The first-order valence-corrected chi connectivity index (χ1v) is 9.60. The van der Waals surface area contributed by atoms with Crippen molar-refractivity contribution in [3.05, 3.63) is 45.3 Å². The first-order chi connectivity index (χ1) is 12.0. The SMILES string of the molecule is COC(=O)c1c(NC(=S)Nc2ccc(C)c(C)c2)sc2c1CCCC2. The van der Waals surface area contributed by atoms with Crippen LogP contribution in [0.15, 0.2) is 18.2 Å². The van der Waals surface area contributed by atoms with Crippen LogP contribution in [0.25, 0.3) is 0 Å². The third-order valence-electron chi connectivity index (χ3n) is 4.55. The van der Waals surface area contributed by atoms with Crippen molar-refractivity contribution in [1.29, 1.82) is 0 Å². The highest BCUT2D eigenvalue weighted by molar-refractivity contribution is 7.80. The number of hydrogen-bond donors (Lipinski definition) is 2. The quantitative estimate of drug-likeness (QED) is 0.595. The first-order valence-electron chi connectivity index (χ1n) is 8.37. The molecule has 3 rings (SSSR count). The van der Waals surface area contributed by atoms with Crippen LogP contribution >= 0.6 is 23.6 Å². The minimum atomic E-state index is -0.295. The van der Waals surface area contributed by atoms with E-state index in [1.165, 1.54) is 29.5 Å². The molecule has 0 saturated heterocycles. The van der Waals surface area contributed by atoms with Gasteiger partial charge in [0.15, 0.2) is 5.11 Å². The predicted molar refractivity (Wildman–Crippen MR) is 108 cm³/mol. The third-order valence-corrected chi connectivity index (χ3v) is 5.96. The first kappa shape index (κ1) is 17.9. The van der Waals surface area contributed by atoms with Gasteiger partial charge in [0.25, 0.3) is 0 Å². The van der Waals surface area contributed by atoms with E-state index in [1.54, 1.807) is 11.3 Å². The number of anilines is 2. The average molecular weight is 375 g/mol. The molecule has 0 saturated carbocycles. The average Bonchev–Trinajstić information content (AvgIpc) is 2.95. The lowest BCUT2D eigenvalue weighted by molar-refractivity contribution is 0.0601. The Morgan fingerprint density at radius 1 is 1.16 bits per heavy atom. The summed E-state index contributed by atoms with van der Waals surface area (Å²) >= 11 is 7.06. The minimum Gasteiger partial charge on any atom is -0.465 e. The van der Waals surface area contributed by atoms with E-state index in [9.17, 15) is 4.79 Å². The van der Waals surface area contributed by atoms with E-state index in [4.69, 9.17) is 17.0 Å². The van der Waals surface area contributed by atoms with Crippen molar-refractivity contribution >= 4 is 45.3 Å². The smallest absolute Gasteiger partial charge is 0.341 e. The molecule has 4 nitrogen and oxygen atoms in total. The van der Waals surface area contributed by atoms with Gasteiger partial charge in [0.2, 0.25) is 0 Å². The molecule has 1 heterocycles. The molecule has 0 spiro atoms. The summed E-state index contributed by atoms with van der Waals surface area (Å²) in [7, 11) is 1.42. The number of nitrogens with one attached hydrogen (secondary N) is 2. The fraction of sp³-hybridized carbons (Fsp3) is 0.368. The van der Waals surface area contributed by atoms with Gasteiger partial charge in [-0.15, -0.1) is 11.3 Å². The van der Waals surface area contributed by atoms with Crippen molar-refractivity contribution in [1.82, 2.24) is 0 Å². The Kier molecular flexibility index (Phi) is 5.39. The molecule has 6 heteroatoms. The number of rotatable bonds is 3. The van der Waals surface area contributed by atoms with Gasteiger partial charge in [-0.3, -0.25) is 0 Å². The van der Waals surface area contributed by atoms with Crippen molar-refractivity contribution in [2.75, 3.05) is 17.7 Å². The predicted octanol–water partition coefficient (Wildman–Crippen LogP) is 4.84. The Morgan fingerprint density at radius 3 is 2.64 bits per heavy atom. The van der Waals surface area contributed by atoms with Crippen LogP contribution in [0.3, 0.4) is 0 Å². The number of methoxy groups -OCH3 is 1. The Labute approximate surface area is 157 Å². The van der Waals surface area contributed by atoms with E-state index in [-0.39, 0.29) is 5.97 Å². The molecule has 1 aromatic heterocycles. The van der Waals surface area contributed by atoms with Crippen molar-refractivity contribution in [3.8, 4) is 0 Å². The van der Waals surface area contributed by atoms with Gasteiger partial charge in [-0.2, -0.15) is 0 Å². The second-order valence-electron chi connectivity index (χ2n) is 6.28. The van der Waals surface area contributed by atoms with Gasteiger partial charge in [-0.1, -0.05) is 6.07 Å². The lowest BCUT2D eigenvalue weighted by atomic mass is 9.95. The monoisotopic (exact) mass is 374 g/mol. The van der Waals surface area contributed by atoms with Gasteiger partial charge < -0.3 is 15.4 Å². The van der Waals surface area contributed by atoms with E-state index >= 15 is 0 Å². The molecule has 0 fully saturated rings. The van der Waals surface area contributed by atoms with Crippen LogP contribution < -0.4 is 10.6 Å². The van der Waals surface area contributed by atoms with Crippen molar-refractivity contribution < 1.29 is 9.53 Å². The molecule has 0 atom stereocenters. The molecule has 0 unspecified atom stereocenters. The second-order valence-corrected chi connectivity index (χ2v) is 7.80. The van der Waals surface area contributed by atoms with E-state index < -0.39 is 0 Å². The number of fused-ring (bicyclic) bond motifs is 1. The second kappa shape index (κ2) is 7.54. The number of thiocarbonyl (C=S) groups is 1. The van der Waals surface area contributed by atoms with Crippen LogP contribution in [0, 0.1) is 13.8 Å². The summed E-state index contributed by atoms with van der Waals surface area (Å²) in [5, 5.41) is 7.66. The molecule has 1 aromatic carbocycles. The van der Waals surface area contributed by atoms with E-state index in [0.717, 1.165) is 35.5 Å². The molecule has 0 bridgehead atoms. The van der Waals surface area contributed by atoms with Gasteiger partial charge in [-0.05, 0) is 80.6 Å². The zero-order valence-electron chi connectivity index (χ0n) is 14.7. The summed E-state index contributed by atoms with van der Waals surface area (Å²) in [5.74, 6) is -0.295. The lowest BCUT2D eigenvalue weighted by Crippen LogP contribution is -2.20. The topological polar surface area (TPSA) is 50.4 Å². The fourth-order valence-electron chi connectivity index (χ4n) is 3.06. The van der Waals surface area contributed by atoms with Crippen LogP contribution in [0.4, 0.5) is 10.7 Å². The molecule has 1 aliphatic rings. The number of esters is 1. The molecule has 25 heavy (non-hydrogen) atoms. The van der Waals surface area contributed by atoms with E-state index in [2.05, 4.69) is 36.6 Å². The fourth-order valence-corrected chi connectivity index (χ4v) is 4.62. The highest BCUT2D eigenvalue weighted by atomic mass is 32.1. The molecular formula is C19H22N2O2S2. The van der Waals surface area contributed by atoms with Gasteiger partial charge in [0, 0.05) is 10.6 Å². The standard InChI is InChI=1S/C19H22N2O2S2/c1-11-8-9-13(10-12(11)2)20-19(24)21-17-16(18(22)23-3)14-6-4-5-7-15(14)25-17/h8-10H,4-7H2,1-3H3,(H2,20,21,24). The summed E-state index contributed by atoms with van der Waals surface area (Å²) in [4.78, 5) is 13.5. The van der Waals surface area contributed by atoms with Crippen molar-refractivity contribution in [2.24, 2.45) is 0 Å². The van der Waals surface area contributed by atoms with Gasteiger partial charge in [0.05, 0.1) is 12.7 Å². The molecule has 0 radical (unpaired) electrons. The number of thiophene rings is 1. The van der Waals surface area contributed by atoms with E-state index in [0.29, 0.717) is 10.7 Å². The van der Waals surface area contributed by atoms with E-state index in [1.807, 2.05) is 6.07 Å². The van der Waals surface area contributed by atoms with Crippen LogP contribution in [0.5, 0.6) is 0 Å². The number of ether oxygens (including phenoxy) is 1. The van der Waals surface area contributed by atoms with Crippen LogP contribution in [0.2, 0.25) is 0 Å². The van der Waals surface area contributed by atoms with Crippen LogP contribution in [0.1, 0.15) is 44.8 Å². The lowest BCUT2D eigenvalue weighted by Gasteiger charge is -2.13. The Bertz CT molecular complexity index is 827. The number of benzene rings is 1. The van der Waals surface area contributed by atoms with Crippen LogP contribution in [-0.2, 0) is 17.6 Å². The van der Waals surface area contributed by atoms with Gasteiger partial charge >= 0.3 is 5.97 Å². The normalized spacial score (nSPS) is 13.1. The minimum absolute atomic E-state index is 0.295. The number of aryl methyl sites for hydroxylation is 3. The summed E-state index contributed by atoms with van der Waals surface area (Å²) in [5.41, 5.74) is 5.14. The van der Waals surface area contributed by atoms with Gasteiger partial charge in [0.1, 0.15) is 5.00 Å². The van der Waals surface area contributed by atoms with Crippen molar-refractivity contribution in [3.63, 3.8) is 0 Å². The Hall–Kier alpha value is -1.92. The Balaban J connectivity index is 1.82. The number of hydrogen-bond acceptors (Lipinski definition) is 4. The number of carbonyl (C=O) groups excluding carboxylic acids is 1. The number of carbonyl (C=O) groups is 1. The third kappa shape index (κ3) is 3.85. The maximum Gasteiger partial charge on any atom is 0.341 e. The zero-order valence-corrected chi connectivity index (χ0v) is 16.3. The summed E-state index contributed by atoms with van der Waals surface area (Å²) in [6.07, 6.45) is 4.22. The highest BCUT2D eigenvalue weighted by Gasteiger charge is 2.26. The maximum atomic E-state index is 12.3. The molecule has 132 valence electrons. The molecule has 0 aliphatic heterocycles. The molecule has 2 aromatic rings. The van der Waals surface area contributed by atoms with Crippen LogP contribution in [-0.4, -0.2) is 18.2 Å². The largest absolute Gasteiger partial charge is 0.465 e. The highest BCUT2D eigenvalue weighted by Crippen LogP contribution is 2.38. The molecule has 2 N–H and O–H groups in total. The zero-order chi connectivity index (χ0) is 18.0. The summed E-state index contributed by atoms with van der Waals surface area (Å²) < 4.78 is 4.99.